The molecule has 24 heavy (non-hydrogen) atoms. The summed E-state index contributed by atoms with van der Waals surface area (Å²) < 4.78 is 5.07. The van der Waals surface area contributed by atoms with E-state index in [1.807, 2.05) is 11.0 Å². The molecule has 7 heteroatoms. The molecule has 1 aromatic heterocycles. The van der Waals surface area contributed by atoms with E-state index in [9.17, 15) is 4.79 Å². The van der Waals surface area contributed by atoms with E-state index in [4.69, 9.17) is 16.6 Å². The van der Waals surface area contributed by atoms with Gasteiger partial charge in [-0.25, -0.2) is 0 Å². The highest BCUT2D eigenvalue weighted by Crippen LogP contribution is 2.09. The lowest BCUT2D eigenvalue weighted by atomic mass is 10.2. The number of amides is 1. The van der Waals surface area contributed by atoms with E-state index < -0.39 is 0 Å². The largest absolute Gasteiger partial charge is 0.459 e. The molecule has 1 saturated heterocycles. The van der Waals surface area contributed by atoms with Gasteiger partial charge in [-0.05, 0) is 29.9 Å². The van der Waals surface area contributed by atoms with Gasteiger partial charge in [0.15, 0.2) is 10.9 Å². The minimum Gasteiger partial charge on any atom is -0.459 e. The zero-order chi connectivity index (χ0) is 16.1. The number of piperazine rings is 1. The quantitative estimate of drug-likeness (QED) is 0.847. The molecule has 2 aromatic rings. The van der Waals surface area contributed by atoms with Gasteiger partial charge in [-0.2, -0.15) is 0 Å². The first kappa shape index (κ1) is 18.4. The highest BCUT2D eigenvalue weighted by molar-refractivity contribution is 7.80. The highest BCUT2D eigenvalue weighted by atomic mass is 35.5. The van der Waals surface area contributed by atoms with Crippen LogP contribution in [0.5, 0.6) is 0 Å². The number of nitrogens with zero attached hydrogens (tertiary/aromatic N) is 2. The Morgan fingerprint density at radius 2 is 1.79 bits per heavy atom. The van der Waals surface area contributed by atoms with Gasteiger partial charge in [0.1, 0.15) is 0 Å². The highest BCUT2D eigenvalue weighted by Gasteiger charge is 2.21. The number of nitrogens with one attached hydrogen (secondary N) is 1. The molecule has 5 nitrogen and oxygen atoms in total. The van der Waals surface area contributed by atoms with Crippen molar-refractivity contribution in [1.82, 2.24) is 15.1 Å². The number of halogens is 1. The molecule has 0 bridgehead atoms. The topological polar surface area (TPSA) is 48.7 Å². The van der Waals surface area contributed by atoms with Gasteiger partial charge >= 0.3 is 0 Å². The van der Waals surface area contributed by atoms with E-state index in [2.05, 4.69) is 34.5 Å². The Balaban J connectivity index is 0.00000208. The van der Waals surface area contributed by atoms with Crippen molar-refractivity contribution < 1.29 is 9.21 Å². The molecule has 0 spiro atoms. The second-order valence-electron chi connectivity index (χ2n) is 5.49. The molecule has 1 aliphatic rings. The number of benzene rings is 1. The molecule has 0 saturated carbocycles. The van der Waals surface area contributed by atoms with Crippen LogP contribution in [0.15, 0.2) is 53.1 Å². The molecule has 0 radical (unpaired) electrons. The summed E-state index contributed by atoms with van der Waals surface area (Å²) in [4.78, 5) is 16.4. The van der Waals surface area contributed by atoms with Crippen LogP contribution in [0.25, 0.3) is 0 Å². The summed E-state index contributed by atoms with van der Waals surface area (Å²) in [6.07, 6.45) is 1.47. The van der Waals surface area contributed by atoms with Gasteiger partial charge < -0.3 is 9.32 Å². The fourth-order valence-electron chi connectivity index (χ4n) is 2.60. The number of rotatable bonds is 3. The standard InChI is InChI=1S/C17H19N3O2S.ClH/c21-16(15-7-4-12-22-15)18-17(23)20-10-8-19(9-11-20)13-14-5-2-1-3-6-14;/h1-7,12H,8-11,13H2,(H,18,21,23);1H. The predicted octanol–water partition coefficient (Wildman–Crippen LogP) is 2.53. The molecule has 0 atom stereocenters. The molecule has 2 heterocycles. The lowest BCUT2D eigenvalue weighted by Crippen LogP contribution is -2.52. The molecular weight excluding hydrogens is 346 g/mol. The fraction of sp³-hybridized carbons (Fsp3) is 0.294. The van der Waals surface area contributed by atoms with Crippen molar-refractivity contribution in [2.45, 2.75) is 6.54 Å². The van der Waals surface area contributed by atoms with Gasteiger partial charge in [0.05, 0.1) is 6.26 Å². The number of carbonyl (C=O) groups is 1. The van der Waals surface area contributed by atoms with Crippen LogP contribution in [0.4, 0.5) is 0 Å². The predicted molar refractivity (Wildman–Crippen MR) is 99.3 cm³/mol. The van der Waals surface area contributed by atoms with E-state index >= 15 is 0 Å². The number of thiocarbonyl (C=S) groups is 1. The zero-order valence-corrected chi connectivity index (χ0v) is 14.8. The van der Waals surface area contributed by atoms with Crippen LogP contribution < -0.4 is 5.32 Å². The maximum atomic E-state index is 11.9. The first-order chi connectivity index (χ1) is 11.2. The van der Waals surface area contributed by atoms with Gasteiger partial charge in [-0.1, -0.05) is 30.3 Å². The summed E-state index contributed by atoms with van der Waals surface area (Å²) >= 11 is 5.33. The maximum Gasteiger partial charge on any atom is 0.293 e. The second kappa shape index (κ2) is 8.82. The first-order valence-corrected chi connectivity index (χ1v) is 8.03. The van der Waals surface area contributed by atoms with Crippen molar-refractivity contribution in [3.05, 3.63) is 60.1 Å². The van der Waals surface area contributed by atoms with E-state index in [0.29, 0.717) is 5.11 Å². The van der Waals surface area contributed by atoms with Crippen LogP contribution in [0.3, 0.4) is 0 Å². The van der Waals surface area contributed by atoms with Gasteiger partial charge in [-0.15, -0.1) is 12.4 Å². The van der Waals surface area contributed by atoms with E-state index in [-0.39, 0.29) is 24.1 Å². The van der Waals surface area contributed by atoms with Crippen LogP contribution in [0.2, 0.25) is 0 Å². The molecule has 3 rings (SSSR count). The van der Waals surface area contributed by atoms with E-state index in [1.54, 1.807) is 12.1 Å². The molecule has 128 valence electrons. The third-order valence-corrected chi connectivity index (χ3v) is 4.23. The summed E-state index contributed by atoms with van der Waals surface area (Å²) in [6.45, 7) is 4.41. The van der Waals surface area contributed by atoms with Crippen molar-refractivity contribution in [1.29, 1.82) is 0 Å². The third kappa shape index (κ3) is 4.80. The number of furan rings is 1. The Hall–Kier alpha value is -1.89. The fourth-order valence-corrected chi connectivity index (χ4v) is 2.87. The van der Waals surface area contributed by atoms with Gasteiger partial charge in [0, 0.05) is 32.7 Å². The number of hydrogen-bond acceptors (Lipinski definition) is 4. The normalized spacial score (nSPS) is 14.8. The summed E-state index contributed by atoms with van der Waals surface area (Å²) in [5.41, 5.74) is 1.31. The summed E-state index contributed by atoms with van der Waals surface area (Å²) in [7, 11) is 0. The van der Waals surface area contributed by atoms with Crippen LogP contribution in [-0.4, -0.2) is 47.0 Å². The Bertz CT molecular complexity index is 656. The maximum absolute atomic E-state index is 11.9. The number of hydrogen-bond donors (Lipinski definition) is 1. The van der Waals surface area contributed by atoms with Crippen molar-refractivity contribution in [3.63, 3.8) is 0 Å². The molecule has 0 unspecified atom stereocenters. The van der Waals surface area contributed by atoms with E-state index in [1.165, 1.54) is 11.8 Å². The molecule has 1 fully saturated rings. The molecular formula is C17H20ClN3O2S. The van der Waals surface area contributed by atoms with E-state index in [0.717, 1.165) is 32.7 Å². The molecule has 1 N–H and O–H groups in total. The van der Waals surface area contributed by atoms with Gasteiger partial charge in [0.25, 0.3) is 5.91 Å². The van der Waals surface area contributed by atoms with Gasteiger partial charge in [0.2, 0.25) is 0 Å². The third-order valence-electron chi connectivity index (χ3n) is 3.87. The van der Waals surface area contributed by atoms with Crippen LogP contribution in [0, 0.1) is 0 Å². The minimum atomic E-state index is -0.299. The minimum absolute atomic E-state index is 0. The van der Waals surface area contributed by atoms with Crippen LogP contribution >= 0.6 is 24.6 Å². The molecule has 1 aliphatic heterocycles. The molecule has 1 aromatic carbocycles. The van der Waals surface area contributed by atoms with Crippen LogP contribution in [-0.2, 0) is 6.54 Å². The van der Waals surface area contributed by atoms with Crippen LogP contribution in [0.1, 0.15) is 16.1 Å². The lowest BCUT2D eigenvalue weighted by Gasteiger charge is -2.35. The van der Waals surface area contributed by atoms with Crippen molar-refractivity contribution in [3.8, 4) is 0 Å². The number of carbonyl (C=O) groups excluding carboxylic acids is 1. The average Bonchev–Trinajstić information content (AvgIpc) is 3.11. The van der Waals surface area contributed by atoms with Crippen molar-refractivity contribution >= 4 is 35.6 Å². The smallest absolute Gasteiger partial charge is 0.293 e. The first-order valence-electron chi connectivity index (χ1n) is 7.62. The van der Waals surface area contributed by atoms with Gasteiger partial charge in [-0.3, -0.25) is 15.0 Å². The Kier molecular flexibility index (Phi) is 6.78. The summed E-state index contributed by atoms with van der Waals surface area (Å²) in [5, 5.41) is 3.19. The molecule has 0 aliphatic carbocycles. The van der Waals surface area contributed by atoms with Crippen molar-refractivity contribution in [2.24, 2.45) is 0 Å². The summed E-state index contributed by atoms with van der Waals surface area (Å²) in [6, 6.07) is 13.7. The zero-order valence-electron chi connectivity index (χ0n) is 13.2. The Labute approximate surface area is 153 Å². The summed E-state index contributed by atoms with van der Waals surface area (Å²) in [5.74, 6) is -0.0261. The monoisotopic (exact) mass is 365 g/mol. The van der Waals surface area contributed by atoms with Crippen molar-refractivity contribution in [2.75, 3.05) is 26.2 Å². The molecule has 1 amide bonds. The SMILES string of the molecule is Cl.O=C(NC(=S)N1CCN(Cc2ccccc2)CC1)c1ccco1. The lowest BCUT2D eigenvalue weighted by molar-refractivity contribution is 0.0942. The average molecular weight is 366 g/mol. The second-order valence-corrected chi connectivity index (χ2v) is 5.87. The Morgan fingerprint density at radius 1 is 1.08 bits per heavy atom. The Morgan fingerprint density at radius 3 is 2.42 bits per heavy atom.